The van der Waals surface area contributed by atoms with Crippen LogP contribution in [0.15, 0.2) is 24.3 Å². The molecule has 0 spiro atoms. The van der Waals surface area contributed by atoms with Crippen molar-refractivity contribution in [3.05, 3.63) is 24.3 Å². The second-order valence-corrected chi connectivity index (χ2v) is 4.07. The number of imide groups is 1. The smallest absolute Gasteiger partial charge is 0.387 e. The highest BCUT2D eigenvalue weighted by Gasteiger charge is 2.36. The molecule has 5 nitrogen and oxygen atoms in total. The average molecular weight is 270 g/mol. The molecule has 1 heterocycles. The molecule has 0 radical (unpaired) electrons. The van der Waals surface area contributed by atoms with Gasteiger partial charge in [-0.1, -0.05) is 12.1 Å². The van der Waals surface area contributed by atoms with Gasteiger partial charge in [-0.15, -0.1) is 0 Å². The number of ether oxygens (including phenoxy) is 1. The van der Waals surface area contributed by atoms with Crippen LogP contribution in [0.4, 0.5) is 14.5 Å². The number of amides is 2. The van der Waals surface area contributed by atoms with Crippen LogP contribution >= 0.6 is 0 Å². The van der Waals surface area contributed by atoms with Gasteiger partial charge in [0.2, 0.25) is 5.91 Å². The third kappa shape index (κ3) is 2.81. The number of hydrogen-bond acceptors (Lipinski definition) is 4. The molecule has 2 rings (SSSR count). The Bertz CT molecular complexity index is 508. The third-order valence-corrected chi connectivity index (χ3v) is 2.81. The zero-order valence-electron chi connectivity index (χ0n) is 10.1. The van der Waals surface area contributed by atoms with Crippen molar-refractivity contribution in [2.24, 2.45) is 0 Å². The number of likely N-dealkylation sites (N-methyl/N-ethyl adjacent to an activating group) is 1. The standard InChI is InChI=1S/C12H12F2N2O3/c1-16-10(17)6-8(11(16)18)15-7-4-2-3-5-9(7)19-12(13)14/h2-5,8,12,15H,6H2,1H3. The van der Waals surface area contributed by atoms with E-state index in [-0.39, 0.29) is 23.8 Å². The van der Waals surface area contributed by atoms with E-state index in [1.807, 2.05) is 0 Å². The van der Waals surface area contributed by atoms with E-state index in [9.17, 15) is 18.4 Å². The average Bonchev–Trinajstić information content (AvgIpc) is 2.59. The van der Waals surface area contributed by atoms with E-state index in [0.717, 1.165) is 4.90 Å². The van der Waals surface area contributed by atoms with E-state index < -0.39 is 18.6 Å². The number of halogens is 2. The fourth-order valence-electron chi connectivity index (χ4n) is 1.84. The number of alkyl halides is 2. The lowest BCUT2D eigenvalue weighted by atomic mass is 10.2. The van der Waals surface area contributed by atoms with Gasteiger partial charge >= 0.3 is 6.61 Å². The van der Waals surface area contributed by atoms with E-state index in [2.05, 4.69) is 10.1 Å². The van der Waals surface area contributed by atoms with Crippen LogP contribution in [-0.2, 0) is 9.59 Å². The number of likely N-dealkylation sites (tertiary alicyclic amines) is 1. The van der Waals surface area contributed by atoms with Gasteiger partial charge in [-0.3, -0.25) is 14.5 Å². The summed E-state index contributed by atoms with van der Waals surface area (Å²) in [6.45, 7) is -2.95. The van der Waals surface area contributed by atoms with E-state index in [4.69, 9.17) is 0 Å². The number of para-hydroxylation sites is 2. The first-order chi connectivity index (χ1) is 8.99. The predicted molar refractivity (Wildman–Crippen MR) is 62.9 cm³/mol. The molecular formula is C12H12F2N2O3. The highest BCUT2D eigenvalue weighted by Crippen LogP contribution is 2.27. The Morgan fingerprint density at radius 1 is 1.37 bits per heavy atom. The largest absolute Gasteiger partial charge is 0.433 e. The number of benzene rings is 1. The summed E-state index contributed by atoms with van der Waals surface area (Å²) in [6, 6.07) is 5.27. The molecule has 1 unspecified atom stereocenters. The van der Waals surface area contributed by atoms with E-state index in [1.165, 1.54) is 25.2 Å². The Balaban J connectivity index is 2.15. The molecule has 0 bridgehead atoms. The van der Waals surface area contributed by atoms with Crippen LogP contribution in [-0.4, -0.2) is 36.4 Å². The Morgan fingerprint density at radius 2 is 2.05 bits per heavy atom. The summed E-state index contributed by atoms with van der Waals surface area (Å²) in [5.74, 6) is -0.765. The Hall–Kier alpha value is -2.18. The summed E-state index contributed by atoms with van der Waals surface area (Å²) < 4.78 is 28.8. The highest BCUT2D eigenvalue weighted by molar-refractivity contribution is 6.06. The first-order valence-electron chi connectivity index (χ1n) is 5.60. The van der Waals surface area contributed by atoms with Crippen LogP contribution in [0.2, 0.25) is 0 Å². The second-order valence-electron chi connectivity index (χ2n) is 4.07. The maximum Gasteiger partial charge on any atom is 0.387 e. The zero-order valence-corrected chi connectivity index (χ0v) is 10.1. The van der Waals surface area contributed by atoms with Gasteiger partial charge < -0.3 is 10.1 Å². The molecule has 0 saturated carbocycles. The van der Waals surface area contributed by atoms with Crippen molar-refractivity contribution in [1.29, 1.82) is 0 Å². The summed E-state index contributed by atoms with van der Waals surface area (Å²) in [4.78, 5) is 24.1. The number of carbonyl (C=O) groups excluding carboxylic acids is 2. The van der Waals surface area contributed by atoms with E-state index in [0.29, 0.717) is 0 Å². The van der Waals surface area contributed by atoms with Crippen LogP contribution in [0.25, 0.3) is 0 Å². The number of nitrogens with zero attached hydrogens (tertiary/aromatic N) is 1. The maximum atomic E-state index is 12.2. The molecule has 1 saturated heterocycles. The van der Waals surface area contributed by atoms with Gasteiger partial charge in [-0.05, 0) is 12.1 Å². The molecule has 1 aromatic carbocycles. The molecule has 1 atom stereocenters. The molecule has 2 amide bonds. The van der Waals surface area contributed by atoms with Crippen LogP contribution in [0.3, 0.4) is 0 Å². The van der Waals surface area contributed by atoms with E-state index in [1.54, 1.807) is 6.07 Å². The molecule has 0 aliphatic carbocycles. The Labute approximate surface area is 108 Å². The minimum absolute atomic E-state index is 0.00164. The highest BCUT2D eigenvalue weighted by atomic mass is 19.3. The molecule has 1 aliphatic rings. The predicted octanol–water partition coefficient (Wildman–Crippen LogP) is 1.46. The summed E-state index contributed by atoms with van der Waals surface area (Å²) in [5, 5.41) is 2.76. The molecule has 1 aliphatic heterocycles. The molecule has 0 aromatic heterocycles. The van der Waals surface area contributed by atoms with Gasteiger partial charge in [0.25, 0.3) is 5.91 Å². The quantitative estimate of drug-likeness (QED) is 0.841. The van der Waals surface area contributed by atoms with Crippen molar-refractivity contribution in [3.63, 3.8) is 0 Å². The second kappa shape index (κ2) is 5.21. The molecule has 102 valence electrons. The fraction of sp³-hybridized carbons (Fsp3) is 0.333. The fourth-order valence-corrected chi connectivity index (χ4v) is 1.84. The summed E-state index contributed by atoms with van der Waals surface area (Å²) in [6.07, 6.45) is -0.00164. The lowest BCUT2D eigenvalue weighted by molar-refractivity contribution is -0.136. The van der Waals surface area contributed by atoms with Crippen LogP contribution < -0.4 is 10.1 Å². The van der Waals surface area contributed by atoms with Gasteiger partial charge in [0.05, 0.1) is 12.1 Å². The molecule has 19 heavy (non-hydrogen) atoms. The lowest BCUT2D eigenvalue weighted by Crippen LogP contribution is -2.31. The third-order valence-electron chi connectivity index (χ3n) is 2.81. The molecule has 1 N–H and O–H groups in total. The number of rotatable bonds is 4. The molecular weight excluding hydrogens is 258 g/mol. The van der Waals surface area contributed by atoms with Crippen molar-refractivity contribution >= 4 is 17.5 Å². The Kier molecular flexibility index (Phi) is 3.64. The maximum absolute atomic E-state index is 12.2. The van der Waals surface area contributed by atoms with Gasteiger partial charge in [0.15, 0.2) is 0 Å². The molecule has 1 fully saturated rings. The van der Waals surface area contributed by atoms with E-state index >= 15 is 0 Å². The summed E-state index contributed by atoms with van der Waals surface area (Å²) in [5.41, 5.74) is 0.254. The van der Waals surface area contributed by atoms with Gasteiger partial charge in [-0.2, -0.15) is 8.78 Å². The topological polar surface area (TPSA) is 58.6 Å². The SMILES string of the molecule is CN1C(=O)CC(Nc2ccccc2OC(F)F)C1=O. The molecule has 7 heteroatoms. The van der Waals surface area contributed by atoms with Crippen LogP contribution in [0.1, 0.15) is 6.42 Å². The van der Waals surface area contributed by atoms with Gasteiger partial charge in [0.1, 0.15) is 11.8 Å². The number of anilines is 1. The monoisotopic (exact) mass is 270 g/mol. The molecule has 1 aromatic rings. The van der Waals surface area contributed by atoms with Crippen molar-refractivity contribution in [3.8, 4) is 5.75 Å². The number of carbonyl (C=O) groups is 2. The number of hydrogen-bond donors (Lipinski definition) is 1. The summed E-state index contributed by atoms with van der Waals surface area (Å²) in [7, 11) is 1.38. The zero-order chi connectivity index (χ0) is 14.0. The number of nitrogens with one attached hydrogen (secondary N) is 1. The minimum Gasteiger partial charge on any atom is -0.433 e. The Morgan fingerprint density at radius 3 is 2.63 bits per heavy atom. The minimum atomic E-state index is -2.95. The van der Waals surface area contributed by atoms with Gasteiger partial charge in [0, 0.05) is 7.05 Å². The van der Waals surface area contributed by atoms with Crippen LogP contribution in [0, 0.1) is 0 Å². The first kappa shape index (κ1) is 13.3. The summed E-state index contributed by atoms with van der Waals surface area (Å²) >= 11 is 0. The normalized spacial score (nSPS) is 19.2. The first-order valence-corrected chi connectivity index (χ1v) is 5.60. The van der Waals surface area contributed by atoms with Crippen molar-refractivity contribution in [2.75, 3.05) is 12.4 Å². The van der Waals surface area contributed by atoms with Crippen molar-refractivity contribution in [2.45, 2.75) is 19.1 Å². The van der Waals surface area contributed by atoms with Crippen molar-refractivity contribution < 1.29 is 23.1 Å². The van der Waals surface area contributed by atoms with Crippen molar-refractivity contribution in [1.82, 2.24) is 4.90 Å². The van der Waals surface area contributed by atoms with Crippen LogP contribution in [0.5, 0.6) is 5.75 Å². The lowest BCUT2D eigenvalue weighted by Gasteiger charge is -2.15. The van der Waals surface area contributed by atoms with Gasteiger partial charge in [-0.25, -0.2) is 0 Å².